The fourth-order valence-corrected chi connectivity index (χ4v) is 6.77. The highest BCUT2D eigenvalue weighted by atomic mass is 16.5. The quantitative estimate of drug-likeness (QED) is 0.498. The van der Waals surface area contributed by atoms with Crippen LogP contribution < -0.4 is 4.74 Å². The summed E-state index contributed by atoms with van der Waals surface area (Å²) < 4.78 is 8.63. The third-order valence-corrected chi connectivity index (χ3v) is 8.49. The first-order valence-corrected chi connectivity index (χ1v) is 12.5. The SMILES string of the molecule is N#Cc1ccc2cc1Oc1cccc3c1[C@@H](CC3)N1CC[C@]3(CCCN3Cc3cncn3C2)C1=O. The summed E-state index contributed by atoms with van der Waals surface area (Å²) in [5.74, 6) is 1.58. The fourth-order valence-electron chi connectivity index (χ4n) is 6.77. The van der Waals surface area contributed by atoms with E-state index >= 15 is 0 Å². The van der Waals surface area contributed by atoms with Gasteiger partial charge < -0.3 is 14.2 Å². The molecule has 7 rings (SSSR count). The molecule has 176 valence electrons. The Hall–Kier alpha value is -3.63. The van der Waals surface area contributed by atoms with Crippen molar-refractivity contribution in [3.05, 3.63) is 76.9 Å². The predicted octanol–water partition coefficient (Wildman–Crippen LogP) is 4.16. The molecule has 2 fully saturated rings. The summed E-state index contributed by atoms with van der Waals surface area (Å²) in [5.41, 5.74) is 4.60. The Kier molecular flexibility index (Phi) is 4.55. The summed E-state index contributed by atoms with van der Waals surface area (Å²) in [4.78, 5) is 23.1. The van der Waals surface area contributed by atoms with Gasteiger partial charge in [-0.15, -0.1) is 0 Å². The van der Waals surface area contributed by atoms with Crippen LogP contribution >= 0.6 is 0 Å². The van der Waals surface area contributed by atoms with Gasteiger partial charge in [-0.2, -0.15) is 5.26 Å². The monoisotopic (exact) mass is 465 g/mol. The van der Waals surface area contributed by atoms with E-state index in [1.807, 2.05) is 42.9 Å². The van der Waals surface area contributed by atoms with Gasteiger partial charge in [0.1, 0.15) is 23.1 Å². The zero-order valence-corrected chi connectivity index (χ0v) is 19.6. The number of aryl methyl sites for hydroxylation is 1. The maximum atomic E-state index is 14.1. The lowest BCUT2D eigenvalue weighted by atomic mass is 9.94. The Balaban J connectivity index is 1.40. The number of carbonyl (C=O) groups is 1. The van der Waals surface area contributed by atoms with Crippen LogP contribution in [0.2, 0.25) is 0 Å². The molecular weight excluding hydrogens is 438 g/mol. The average Bonchev–Trinajstić information content (AvgIpc) is 3.64. The van der Waals surface area contributed by atoms with Crippen LogP contribution in [0.1, 0.15) is 59.7 Å². The van der Waals surface area contributed by atoms with E-state index in [2.05, 4.69) is 31.5 Å². The molecule has 2 atom stereocenters. The number of ether oxygens (including phenoxy) is 1. The number of fused-ring (bicyclic) bond motifs is 5. The highest BCUT2D eigenvalue weighted by Gasteiger charge is 2.55. The number of amides is 1. The molecule has 3 aliphatic heterocycles. The van der Waals surface area contributed by atoms with E-state index in [0.717, 1.165) is 67.8 Å². The molecule has 0 N–H and O–H groups in total. The van der Waals surface area contributed by atoms with Crippen LogP contribution in [-0.2, 0) is 24.3 Å². The standard InChI is InChI=1S/C28H27N5O2/c29-14-21-6-5-19-13-25(21)35-24-4-1-3-20-7-8-23(26(20)24)33-12-10-28(27(33)34)9-2-11-32(28)17-22-15-30-18-31(22)16-19/h1,3-6,13,15,18,23H,2,7-12,16-17H2/t23-,28-/m1/s1. The van der Waals surface area contributed by atoms with Crippen molar-refractivity contribution >= 4 is 5.91 Å². The van der Waals surface area contributed by atoms with E-state index in [9.17, 15) is 10.1 Å². The normalized spacial score (nSPS) is 25.2. The van der Waals surface area contributed by atoms with E-state index < -0.39 is 5.54 Å². The first-order valence-electron chi connectivity index (χ1n) is 12.5. The molecule has 35 heavy (non-hydrogen) atoms. The van der Waals surface area contributed by atoms with Crippen LogP contribution in [0, 0.1) is 11.3 Å². The van der Waals surface area contributed by atoms with Crippen LogP contribution in [0.25, 0.3) is 0 Å². The van der Waals surface area contributed by atoms with Crippen molar-refractivity contribution in [2.45, 2.75) is 56.8 Å². The fraction of sp³-hybridized carbons (Fsp3) is 0.393. The molecule has 2 saturated heterocycles. The van der Waals surface area contributed by atoms with Crippen molar-refractivity contribution in [1.29, 1.82) is 5.26 Å². The summed E-state index contributed by atoms with van der Waals surface area (Å²) in [5, 5.41) is 9.77. The van der Waals surface area contributed by atoms with Crippen LogP contribution in [0.5, 0.6) is 11.5 Å². The van der Waals surface area contributed by atoms with E-state index in [1.165, 1.54) is 5.56 Å². The van der Waals surface area contributed by atoms with Gasteiger partial charge in [0, 0.05) is 31.4 Å². The smallest absolute Gasteiger partial charge is 0.243 e. The summed E-state index contributed by atoms with van der Waals surface area (Å²) >= 11 is 0. The van der Waals surface area contributed by atoms with E-state index in [-0.39, 0.29) is 11.9 Å². The van der Waals surface area contributed by atoms with Gasteiger partial charge in [-0.05, 0) is 68.0 Å². The zero-order valence-electron chi connectivity index (χ0n) is 19.6. The molecule has 4 aliphatic rings. The topological polar surface area (TPSA) is 74.4 Å². The Morgan fingerprint density at radius 2 is 2.06 bits per heavy atom. The van der Waals surface area contributed by atoms with Gasteiger partial charge in [0.05, 0.1) is 23.6 Å². The third-order valence-electron chi connectivity index (χ3n) is 8.49. The van der Waals surface area contributed by atoms with Crippen molar-refractivity contribution in [1.82, 2.24) is 19.4 Å². The molecule has 1 aliphatic carbocycles. The lowest BCUT2D eigenvalue weighted by molar-refractivity contribution is -0.139. The summed E-state index contributed by atoms with van der Waals surface area (Å²) in [6.07, 6.45) is 8.45. The third kappa shape index (κ3) is 3.06. The second-order valence-electron chi connectivity index (χ2n) is 10.2. The average molecular weight is 466 g/mol. The number of hydrogen-bond acceptors (Lipinski definition) is 5. The van der Waals surface area contributed by atoms with Crippen LogP contribution in [0.3, 0.4) is 0 Å². The maximum Gasteiger partial charge on any atom is 0.243 e. The Morgan fingerprint density at radius 1 is 1.11 bits per heavy atom. The van der Waals surface area contributed by atoms with Crippen molar-refractivity contribution in [3.63, 3.8) is 0 Å². The number of nitrogens with zero attached hydrogens (tertiary/aromatic N) is 5. The second-order valence-corrected chi connectivity index (χ2v) is 10.2. The largest absolute Gasteiger partial charge is 0.456 e. The van der Waals surface area contributed by atoms with Crippen LogP contribution in [-0.4, -0.2) is 43.9 Å². The van der Waals surface area contributed by atoms with Gasteiger partial charge in [0.2, 0.25) is 5.91 Å². The lowest BCUT2D eigenvalue weighted by Gasteiger charge is -2.35. The highest BCUT2D eigenvalue weighted by Crippen LogP contribution is 2.48. The number of benzene rings is 2. The Bertz CT molecular complexity index is 1390. The molecule has 4 heterocycles. The number of hydrogen-bond donors (Lipinski definition) is 0. The van der Waals surface area contributed by atoms with Gasteiger partial charge in [0.15, 0.2) is 0 Å². The Morgan fingerprint density at radius 3 is 2.97 bits per heavy atom. The summed E-state index contributed by atoms with van der Waals surface area (Å²) in [6, 6.07) is 14.2. The molecule has 0 saturated carbocycles. The number of carbonyl (C=O) groups excluding carboxylic acids is 1. The van der Waals surface area contributed by atoms with Gasteiger partial charge >= 0.3 is 0 Å². The summed E-state index contributed by atoms with van der Waals surface area (Å²) in [7, 11) is 0. The molecule has 1 amide bonds. The number of imidazole rings is 1. The molecule has 1 spiro atoms. The van der Waals surface area contributed by atoms with Crippen molar-refractivity contribution in [3.8, 4) is 17.6 Å². The van der Waals surface area contributed by atoms with Crippen molar-refractivity contribution in [2.24, 2.45) is 0 Å². The molecule has 3 aromatic rings. The predicted molar refractivity (Wildman–Crippen MR) is 129 cm³/mol. The first kappa shape index (κ1) is 20.7. The van der Waals surface area contributed by atoms with Gasteiger partial charge in [-0.25, -0.2) is 4.98 Å². The van der Waals surface area contributed by atoms with Gasteiger partial charge in [0.25, 0.3) is 0 Å². The van der Waals surface area contributed by atoms with E-state index in [0.29, 0.717) is 24.4 Å². The highest BCUT2D eigenvalue weighted by molar-refractivity contribution is 5.89. The lowest BCUT2D eigenvalue weighted by Crippen LogP contribution is -2.50. The van der Waals surface area contributed by atoms with Crippen LogP contribution in [0.4, 0.5) is 0 Å². The minimum Gasteiger partial charge on any atom is -0.456 e. The molecule has 4 bridgehead atoms. The van der Waals surface area contributed by atoms with E-state index in [4.69, 9.17) is 4.74 Å². The number of nitriles is 1. The zero-order chi connectivity index (χ0) is 23.6. The maximum absolute atomic E-state index is 14.1. The van der Waals surface area contributed by atoms with Crippen molar-refractivity contribution in [2.75, 3.05) is 13.1 Å². The second kappa shape index (κ2) is 7.69. The first-order chi connectivity index (χ1) is 17.2. The number of rotatable bonds is 0. The molecule has 7 nitrogen and oxygen atoms in total. The summed E-state index contributed by atoms with van der Waals surface area (Å²) in [6.45, 7) is 3.05. The molecule has 7 heteroatoms. The minimum absolute atomic E-state index is 0.0138. The minimum atomic E-state index is -0.417. The Labute approximate surface area is 204 Å². The molecule has 0 radical (unpaired) electrons. The molecule has 0 unspecified atom stereocenters. The van der Waals surface area contributed by atoms with Gasteiger partial charge in [-0.3, -0.25) is 9.69 Å². The van der Waals surface area contributed by atoms with Gasteiger partial charge in [-0.1, -0.05) is 18.2 Å². The molecule has 1 aromatic heterocycles. The van der Waals surface area contributed by atoms with Crippen LogP contribution in [0.15, 0.2) is 48.9 Å². The molecular formula is C28H27N5O2. The number of aromatic nitrogens is 2. The van der Waals surface area contributed by atoms with E-state index in [1.54, 1.807) is 0 Å². The molecule has 2 aromatic carbocycles. The van der Waals surface area contributed by atoms with Crippen molar-refractivity contribution < 1.29 is 9.53 Å².